The van der Waals surface area contributed by atoms with E-state index in [4.69, 9.17) is 9.26 Å². The van der Waals surface area contributed by atoms with Crippen LogP contribution in [0.4, 0.5) is 0 Å². The molecule has 3 rings (SSSR count). The number of hydrogen-bond donors (Lipinski definition) is 2. The first-order chi connectivity index (χ1) is 11.7. The monoisotopic (exact) mass is 326 g/mol. The molecule has 0 bridgehead atoms. The average Bonchev–Trinajstić information content (AvgIpc) is 3.24. The van der Waals surface area contributed by atoms with Crippen LogP contribution in [0, 0.1) is 6.92 Å². The lowest BCUT2D eigenvalue weighted by atomic mass is 10.1. The fourth-order valence-electron chi connectivity index (χ4n) is 2.36. The van der Waals surface area contributed by atoms with E-state index in [1.54, 1.807) is 13.2 Å². The van der Waals surface area contributed by atoms with Gasteiger partial charge in [-0.1, -0.05) is 17.3 Å². The first-order valence-corrected chi connectivity index (χ1v) is 7.56. The molecule has 0 aliphatic carbocycles. The molecule has 124 valence electrons. The predicted molar refractivity (Wildman–Crippen MR) is 87.9 cm³/mol. The first kappa shape index (κ1) is 15.8. The first-order valence-electron chi connectivity index (χ1n) is 7.56. The van der Waals surface area contributed by atoms with Crippen LogP contribution in [-0.4, -0.2) is 34.9 Å². The van der Waals surface area contributed by atoms with Crippen molar-refractivity contribution < 1.29 is 14.1 Å². The fourth-order valence-corrected chi connectivity index (χ4v) is 2.36. The van der Waals surface area contributed by atoms with Gasteiger partial charge in [0.25, 0.3) is 5.91 Å². The number of carbonyl (C=O) groups is 1. The molecule has 0 fully saturated rings. The zero-order valence-corrected chi connectivity index (χ0v) is 13.5. The van der Waals surface area contributed by atoms with Crippen molar-refractivity contribution in [3.8, 4) is 17.0 Å². The van der Waals surface area contributed by atoms with Crippen molar-refractivity contribution in [1.82, 2.24) is 20.7 Å². The van der Waals surface area contributed by atoms with Crippen LogP contribution in [0.3, 0.4) is 0 Å². The number of ether oxygens (including phenoxy) is 1. The summed E-state index contributed by atoms with van der Waals surface area (Å²) in [6, 6.07) is 11.1. The van der Waals surface area contributed by atoms with Crippen molar-refractivity contribution in [1.29, 1.82) is 0 Å². The largest absolute Gasteiger partial charge is 0.496 e. The van der Waals surface area contributed by atoms with Gasteiger partial charge < -0.3 is 14.6 Å². The van der Waals surface area contributed by atoms with E-state index in [-0.39, 0.29) is 5.91 Å². The Labute approximate surface area is 139 Å². The summed E-state index contributed by atoms with van der Waals surface area (Å²) in [5.74, 6) is 1.23. The summed E-state index contributed by atoms with van der Waals surface area (Å²) >= 11 is 0. The van der Waals surface area contributed by atoms with Gasteiger partial charge in [-0.15, -0.1) is 0 Å². The molecule has 7 nitrogen and oxygen atoms in total. The Kier molecular flexibility index (Phi) is 4.60. The van der Waals surface area contributed by atoms with Crippen LogP contribution in [0.25, 0.3) is 11.3 Å². The van der Waals surface area contributed by atoms with E-state index in [0.717, 1.165) is 17.0 Å². The number of nitrogens with zero attached hydrogens (tertiary/aromatic N) is 2. The number of H-pyrrole nitrogens is 1. The van der Waals surface area contributed by atoms with Gasteiger partial charge >= 0.3 is 0 Å². The molecule has 1 amide bonds. The van der Waals surface area contributed by atoms with E-state index in [9.17, 15) is 4.79 Å². The number of hydrogen-bond acceptors (Lipinski definition) is 5. The average molecular weight is 326 g/mol. The Morgan fingerprint density at radius 1 is 1.33 bits per heavy atom. The number of rotatable bonds is 6. The fraction of sp³-hybridized carbons (Fsp3) is 0.235. The van der Waals surface area contributed by atoms with Crippen LogP contribution in [0.15, 0.2) is 40.9 Å². The summed E-state index contributed by atoms with van der Waals surface area (Å²) < 4.78 is 10.4. The number of benzene rings is 1. The number of carbonyl (C=O) groups excluding carboxylic acids is 1. The summed E-state index contributed by atoms with van der Waals surface area (Å²) in [6.45, 7) is 2.31. The molecule has 2 N–H and O–H groups in total. The van der Waals surface area contributed by atoms with Gasteiger partial charge in [-0.25, -0.2) is 0 Å². The molecule has 7 heteroatoms. The van der Waals surface area contributed by atoms with Gasteiger partial charge in [0, 0.05) is 24.6 Å². The lowest BCUT2D eigenvalue weighted by Crippen LogP contribution is -2.25. The summed E-state index contributed by atoms with van der Waals surface area (Å²) in [7, 11) is 1.60. The SMILES string of the molecule is COc1ccccc1-c1cc(C(=O)NCCc2cc(C)no2)[nH]n1. The van der Waals surface area contributed by atoms with Crippen LogP contribution in [0.5, 0.6) is 5.75 Å². The lowest BCUT2D eigenvalue weighted by Gasteiger charge is -2.04. The van der Waals surface area contributed by atoms with Gasteiger partial charge in [0.1, 0.15) is 17.2 Å². The molecule has 0 radical (unpaired) electrons. The van der Waals surface area contributed by atoms with Gasteiger partial charge in [-0.3, -0.25) is 9.89 Å². The van der Waals surface area contributed by atoms with Crippen LogP contribution in [-0.2, 0) is 6.42 Å². The molecule has 2 heterocycles. The molecular weight excluding hydrogens is 308 g/mol. The van der Waals surface area contributed by atoms with Crippen molar-refractivity contribution in [3.05, 3.63) is 53.5 Å². The molecule has 1 aromatic carbocycles. The normalized spacial score (nSPS) is 10.6. The minimum atomic E-state index is -0.222. The number of methoxy groups -OCH3 is 1. The standard InChI is InChI=1S/C17H18N4O3/c1-11-9-12(24-21-11)7-8-18-17(22)15-10-14(19-20-15)13-5-3-4-6-16(13)23-2/h3-6,9-10H,7-8H2,1-2H3,(H,18,22)(H,19,20). The van der Waals surface area contributed by atoms with Crippen LogP contribution in [0.2, 0.25) is 0 Å². The summed E-state index contributed by atoms with van der Waals surface area (Å²) in [5.41, 5.74) is 2.70. The molecule has 0 atom stereocenters. The maximum atomic E-state index is 12.2. The number of para-hydroxylation sites is 1. The van der Waals surface area contributed by atoms with E-state index < -0.39 is 0 Å². The maximum absolute atomic E-state index is 12.2. The molecule has 0 saturated carbocycles. The van der Waals surface area contributed by atoms with Crippen molar-refractivity contribution in [2.24, 2.45) is 0 Å². The van der Waals surface area contributed by atoms with Gasteiger partial charge in [0.05, 0.1) is 18.5 Å². The Balaban J connectivity index is 1.63. The number of nitrogens with one attached hydrogen (secondary N) is 2. The van der Waals surface area contributed by atoms with Crippen LogP contribution >= 0.6 is 0 Å². The molecule has 0 spiro atoms. The van der Waals surface area contributed by atoms with E-state index in [2.05, 4.69) is 20.7 Å². The van der Waals surface area contributed by atoms with E-state index in [0.29, 0.717) is 30.1 Å². The van der Waals surface area contributed by atoms with Gasteiger partial charge in [0.15, 0.2) is 0 Å². The van der Waals surface area contributed by atoms with Crippen molar-refractivity contribution >= 4 is 5.91 Å². The Hall–Kier alpha value is -3.09. The van der Waals surface area contributed by atoms with Gasteiger partial charge in [-0.05, 0) is 25.1 Å². The third-order valence-electron chi connectivity index (χ3n) is 3.54. The smallest absolute Gasteiger partial charge is 0.269 e. The quantitative estimate of drug-likeness (QED) is 0.725. The second-order valence-electron chi connectivity index (χ2n) is 5.31. The highest BCUT2D eigenvalue weighted by molar-refractivity contribution is 5.93. The Morgan fingerprint density at radius 2 is 2.17 bits per heavy atom. The van der Waals surface area contributed by atoms with E-state index in [1.165, 1.54) is 0 Å². The molecule has 0 aliphatic heterocycles. The molecule has 0 aliphatic rings. The predicted octanol–water partition coefficient (Wildman–Crippen LogP) is 2.35. The highest BCUT2D eigenvalue weighted by Crippen LogP contribution is 2.28. The van der Waals surface area contributed by atoms with Crippen LogP contribution < -0.4 is 10.1 Å². The highest BCUT2D eigenvalue weighted by Gasteiger charge is 2.13. The second-order valence-corrected chi connectivity index (χ2v) is 5.31. The molecule has 24 heavy (non-hydrogen) atoms. The summed E-state index contributed by atoms with van der Waals surface area (Å²) in [4.78, 5) is 12.2. The van der Waals surface area contributed by atoms with Gasteiger partial charge in [-0.2, -0.15) is 5.10 Å². The third kappa shape index (κ3) is 3.45. The second kappa shape index (κ2) is 6.99. The number of aromatic nitrogens is 3. The molecular formula is C17H18N4O3. The third-order valence-corrected chi connectivity index (χ3v) is 3.54. The molecule has 2 aromatic heterocycles. The number of aromatic amines is 1. The summed E-state index contributed by atoms with van der Waals surface area (Å²) in [6.07, 6.45) is 0.583. The minimum absolute atomic E-state index is 0.222. The zero-order valence-electron chi connectivity index (χ0n) is 13.5. The molecule has 0 saturated heterocycles. The molecule has 0 unspecified atom stereocenters. The number of amides is 1. The topological polar surface area (TPSA) is 93.0 Å². The van der Waals surface area contributed by atoms with Crippen molar-refractivity contribution in [2.45, 2.75) is 13.3 Å². The summed E-state index contributed by atoms with van der Waals surface area (Å²) in [5, 5.41) is 13.6. The Morgan fingerprint density at radius 3 is 2.92 bits per heavy atom. The maximum Gasteiger partial charge on any atom is 0.269 e. The highest BCUT2D eigenvalue weighted by atomic mass is 16.5. The lowest BCUT2D eigenvalue weighted by molar-refractivity contribution is 0.0948. The number of aryl methyl sites for hydroxylation is 1. The van der Waals surface area contributed by atoms with Crippen molar-refractivity contribution in [2.75, 3.05) is 13.7 Å². The minimum Gasteiger partial charge on any atom is -0.496 e. The zero-order chi connectivity index (χ0) is 16.9. The van der Waals surface area contributed by atoms with E-state index >= 15 is 0 Å². The van der Waals surface area contributed by atoms with Crippen molar-refractivity contribution in [3.63, 3.8) is 0 Å². The van der Waals surface area contributed by atoms with Crippen LogP contribution in [0.1, 0.15) is 21.9 Å². The van der Waals surface area contributed by atoms with Gasteiger partial charge in [0.2, 0.25) is 0 Å². The molecule has 3 aromatic rings. The Bertz CT molecular complexity index is 838. The van der Waals surface area contributed by atoms with E-state index in [1.807, 2.05) is 37.3 Å².